The molecule has 2 aromatic rings. The molecule has 0 fully saturated rings. The van der Waals surface area contributed by atoms with Crippen LogP contribution in [-0.4, -0.2) is 27.4 Å². The van der Waals surface area contributed by atoms with Crippen molar-refractivity contribution in [2.75, 3.05) is 11.8 Å². The van der Waals surface area contributed by atoms with Crippen LogP contribution in [0.1, 0.15) is 29.3 Å². The Kier molecular flexibility index (Phi) is 6.81. The van der Waals surface area contributed by atoms with Gasteiger partial charge < -0.3 is 10.1 Å². The predicted molar refractivity (Wildman–Crippen MR) is 102 cm³/mol. The number of sulfonamides is 1. The fourth-order valence-electron chi connectivity index (χ4n) is 2.29. The van der Waals surface area contributed by atoms with Gasteiger partial charge in [-0.15, -0.1) is 0 Å². The summed E-state index contributed by atoms with van der Waals surface area (Å²) in [5.74, 6) is -0.798. The molecule has 0 aromatic heterocycles. The van der Waals surface area contributed by atoms with Crippen LogP contribution in [0.5, 0.6) is 0 Å². The van der Waals surface area contributed by atoms with E-state index < -0.39 is 16.0 Å². The molecule has 0 heterocycles. The highest BCUT2D eigenvalue weighted by Crippen LogP contribution is 2.24. The van der Waals surface area contributed by atoms with Crippen molar-refractivity contribution in [3.63, 3.8) is 0 Å². The third kappa shape index (κ3) is 5.45. The standard InChI is InChI=1S/C18H19ClN2O5S/c1-3-17(22)20-11-12-8-13(18(23)26-2)10-14(9-12)21-27(24,25)16-7-5-4-6-15(16)19/h4-10,21H,3,11H2,1-2H3,(H,20,22). The van der Waals surface area contributed by atoms with Gasteiger partial charge in [-0.3, -0.25) is 9.52 Å². The molecule has 0 saturated carbocycles. The maximum absolute atomic E-state index is 12.6. The number of carbonyl (C=O) groups is 2. The number of halogens is 1. The summed E-state index contributed by atoms with van der Waals surface area (Å²) in [6.45, 7) is 1.85. The number of hydrogen-bond acceptors (Lipinski definition) is 5. The maximum Gasteiger partial charge on any atom is 0.337 e. The Morgan fingerprint density at radius 3 is 2.48 bits per heavy atom. The molecule has 0 aliphatic rings. The summed E-state index contributed by atoms with van der Waals surface area (Å²) >= 11 is 5.97. The molecule has 0 saturated heterocycles. The highest BCUT2D eigenvalue weighted by atomic mass is 35.5. The van der Waals surface area contributed by atoms with Crippen LogP contribution in [-0.2, 0) is 26.1 Å². The lowest BCUT2D eigenvalue weighted by Crippen LogP contribution is -2.22. The van der Waals surface area contributed by atoms with Gasteiger partial charge in [0.2, 0.25) is 5.91 Å². The highest BCUT2D eigenvalue weighted by molar-refractivity contribution is 7.92. The van der Waals surface area contributed by atoms with Crippen molar-refractivity contribution in [2.45, 2.75) is 24.8 Å². The normalized spacial score (nSPS) is 10.9. The van der Waals surface area contributed by atoms with Crippen molar-refractivity contribution >= 4 is 39.2 Å². The van der Waals surface area contributed by atoms with Crippen LogP contribution in [0.25, 0.3) is 0 Å². The third-order valence-electron chi connectivity index (χ3n) is 3.60. The van der Waals surface area contributed by atoms with Crippen LogP contribution in [0.3, 0.4) is 0 Å². The first-order chi connectivity index (χ1) is 12.8. The van der Waals surface area contributed by atoms with Gasteiger partial charge >= 0.3 is 5.97 Å². The molecular weight excluding hydrogens is 392 g/mol. The van der Waals surface area contributed by atoms with Gasteiger partial charge in [0.1, 0.15) is 4.90 Å². The monoisotopic (exact) mass is 410 g/mol. The van der Waals surface area contributed by atoms with E-state index >= 15 is 0 Å². The number of carbonyl (C=O) groups excluding carboxylic acids is 2. The first-order valence-corrected chi connectivity index (χ1v) is 9.89. The molecule has 7 nitrogen and oxygen atoms in total. The van der Waals surface area contributed by atoms with Crippen LogP contribution in [0.2, 0.25) is 5.02 Å². The van der Waals surface area contributed by atoms with Gasteiger partial charge in [-0.1, -0.05) is 30.7 Å². The largest absolute Gasteiger partial charge is 0.465 e. The minimum Gasteiger partial charge on any atom is -0.465 e. The zero-order chi connectivity index (χ0) is 20.0. The SMILES string of the molecule is CCC(=O)NCc1cc(NS(=O)(=O)c2ccccc2Cl)cc(C(=O)OC)c1. The zero-order valence-corrected chi connectivity index (χ0v) is 16.4. The zero-order valence-electron chi connectivity index (χ0n) is 14.8. The van der Waals surface area contributed by atoms with E-state index in [0.717, 1.165) is 0 Å². The highest BCUT2D eigenvalue weighted by Gasteiger charge is 2.19. The molecule has 144 valence electrons. The van der Waals surface area contributed by atoms with Gasteiger partial charge in [-0.25, -0.2) is 13.2 Å². The van der Waals surface area contributed by atoms with Crippen LogP contribution >= 0.6 is 11.6 Å². The van der Waals surface area contributed by atoms with Crippen molar-refractivity contribution in [2.24, 2.45) is 0 Å². The van der Waals surface area contributed by atoms with Crippen molar-refractivity contribution < 1.29 is 22.7 Å². The molecule has 0 atom stereocenters. The van der Waals surface area contributed by atoms with Gasteiger partial charge in [0.05, 0.1) is 23.4 Å². The minimum absolute atomic E-state index is 0.0737. The van der Waals surface area contributed by atoms with Crippen molar-refractivity contribution in [1.82, 2.24) is 5.32 Å². The molecule has 0 unspecified atom stereocenters. The first kappa shape index (κ1) is 20.7. The van der Waals surface area contributed by atoms with Crippen LogP contribution in [0.15, 0.2) is 47.4 Å². The predicted octanol–water partition coefficient (Wildman–Crippen LogP) is 2.95. The average molecular weight is 411 g/mol. The smallest absolute Gasteiger partial charge is 0.337 e. The van der Waals surface area contributed by atoms with Gasteiger partial charge in [-0.2, -0.15) is 0 Å². The molecule has 0 bridgehead atoms. The lowest BCUT2D eigenvalue weighted by Gasteiger charge is -2.13. The lowest BCUT2D eigenvalue weighted by molar-refractivity contribution is -0.120. The van der Waals surface area contributed by atoms with E-state index in [2.05, 4.69) is 10.0 Å². The number of rotatable bonds is 7. The molecule has 2 aromatic carbocycles. The van der Waals surface area contributed by atoms with E-state index in [1.807, 2.05) is 0 Å². The Hall–Kier alpha value is -2.58. The first-order valence-electron chi connectivity index (χ1n) is 8.03. The summed E-state index contributed by atoms with van der Waals surface area (Å²) in [6.07, 6.45) is 0.308. The van der Waals surface area contributed by atoms with Gasteiger partial charge in [0.15, 0.2) is 0 Å². The van der Waals surface area contributed by atoms with E-state index in [1.54, 1.807) is 19.1 Å². The Balaban J connectivity index is 2.38. The molecule has 0 spiro atoms. The van der Waals surface area contributed by atoms with E-state index in [1.165, 1.54) is 37.4 Å². The minimum atomic E-state index is -3.97. The van der Waals surface area contributed by atoms with Crippen LogP contribution < -0.4 is 10.0 Å². The number of methoxy groups -OCH3 is 1. The number of anilines is 1. The summed E-state index contributed by atoms with van der Waals surface area (Å²) in [5, 5.41) is 2.75. The number of hydrogen-bond donors (Lipinski definition) is 2. The third-order valence-corrected chi connectivity index (χ3v) is 5.48. The Bertz CT molecular complexity index is 960. The molecule has 1 amide bonds. The van der Waals surface area contributed by atoms with Crippen molar-refractivity contribution in [3.8, 4) is 0 Å². The molecule has 27 heavy (non-hydrogen) atoms. The van der Waals surface area contributed by atoms with Crippen molar-refractivity contribution in [1.29, 1.82) is 0 Å². The van der Waals surface area contributed by atoms with Crippen LogP contribution in [0.4, 0.5) is 5.69 Å². The molecule has 0 radical (unpaired) electrons. The second kappa shape index (κ2) is 8.88. The fraction of sp³-hybridized carbons (Fsp3) is 0.222. The topological polar surface area (TPSA) is 102 Å². The van der Waals surface area contributed by atoms with Crippen molar-refractivity contribution in [3.05, 3.63) is 58.6 Å². The Morgan fingerprint density at radius 1 is 1.15 bits per heavy atom. The fourth-order valence-corrected chi connectivity index (χ4v) is 3.85. The summed E-state index contributed by atoms with van der Waals surface area (Å²) < 4.78 is 32.3. The average Bonchev–Trinajstić information content (AvgIpc) is 2.65. The van der Waals surface area contributed by atoms with E-state index in [0.29, 0.717) is 12.0 Å². The van der Waals surface area contributed by atoms with Gasteiger partial charge in [0.25, 0.3) is 10.0 Å². The quantitative estimate of drug-likeness (QED) is 0.683. The molecule has 9 heteroatoms. The van der Waals surface area contributed by atoms with E-state index in [9.17, 15) is 18.0 Å². The number of nitrogens with one attached hydrogen (secondary N) is 2. The Labute approximate surface area is 162 Å². The summed E-state index contributed by atoms with van der Waals surface area (Å²) in [6, 6.07) is 10.4. The number of ether oxygens (including phenoxy) is 1. The Morgan fingerprint density at radius 2 is 1.85 bits per heavy atom. The van der Waals surface area contributed by atoms with Gasteiger partial charge in [-0.05, 0) is 35.9 Å². The molecule has 0 aliphatic heterocycles. The lowest BCUT2D eigenvalue weighted by atomic mass is 10.1. The molecule has 0 aliphatic carbocycles. The van der Waals surface area contributed by atoms with E-state index in [-0.39, 0.29) is 33.6 Å². The second-order valence-electron chi connectivity index (χ2n) is 5.58. The summed E-state index contributed by atoms with van der Waals surface area (Å²) in [5.41, 5.74) is 0.840. The van der Waals surface area contributed by atoms with Gasteiger partial charge in [0, 0.05) is 13.0 Å². The molecule has 2 N–H and O–H groups in total. The summed E-state index contributed by atoms with van der Waals surface area (Å²) in [7, 11) is -2.74. The number of amides is 1. The van der Waals surface area contributed by atoms with E-state index in [4.69, 9.17) is 16.3 Å². The number of esters is 1. The second-order valence-corrected chi connectivity index (χ2v) is 7.63. The maximum atomic E-state index is 12.6. The van der Waals surface area contributed by atoms with Crippen LogP contribution in [0, 0.1) is 0 Å². The summed E-state index contributed by atoms with van der Waals surface area (Å²) in [4.78, 5) is 23.3. The number of benzene rings is 2. The molecular formula is C18H19ClN2O5S. The molecule has 2 rings (SSSR count).